The topological polar surface area (TPSA) is 41.5 Å². The summed E-state index contributed by atoms with van der Waals surface area (Å²) in [6.45, 7) is 1.60. The van der Waals surface area contributed by atoms with Crippen LogP contribution in [-0.4, -0.2) is 11.7 Å². The molecule has 0 radical (unpaired) electrons. The Bertz CT molecular complexity index is 581. The highest BCUT2D eigenvalue weighted by molar-refractivity contribution is 5.51. The monoisotopic (exact) mass is 255 g/mol. The van der Waals surface area contributed by atoms with Crippen molar-refractivity contribution in [2.45, 2.75) is 19.6 Å². The Balaban J connectivity index is 1.72. The minimum Gasteiger partial charge on any atom is -0.493 e. The van der Waals surface area contributed by atoms with Crippen LogP contribution in [0.25, 0.3) is 0 Å². The van der Waals surface area contributed by atoms with E-state index >= 15 is 0 Å². The average Bonchev–Trinajstić information content (AvgIpc) is 2.93. The molecule has 2 aromatic carbocycles. The van der Waals surface area contributed by atoms with Gasteiger partial charge in [0.25, 0.3) is 0 Å². The fraction of sp³-hybridized carbons (Fsp3) is 0.250. The third-order valence-corrected chi connectivity index (χ3v) is 3.42. The zero-order valence-corrected chi connectivity index (χ0v) is 10.7. The highest BCUT2D eigenvalue weighted by Crippen LogP contribution is 2.26. The summed E-state index contributed by atoms with van der Waals surface area (Å²) < 4.78 is 5.50. The van der Waals surface area contributed by atoms with Crippen molar-refractivity contribution in [3.63, 3.8) is 0 Å². The molecular formula is C16H17NO2. The van der Waals surface area contributed by atoms with E-state index in [1.165, 1.54) is 11.1 Å². The van der Waals surface area contributed by atoms with Gasteiger partial charge in [0.05, 0.1) is 13.2 Å². The number of aliphatic hydroxyl groups is 1. The number of benzene rings is 2. The molecule has 2 aromatic rings. The van der Waals surface area contributed by atoms with Crippen molar-refractivity contribution < 1.29 is 9.84 Å². The molecule has 0 saturated carbocycles. The number of aliphatic hydroxyl groups excluding tert-OH is 1. The molecule has 0 aliphatic carbocycles. The van der Waals surface area contributed by atoms with Gasteiger partial charge in [-0.15, -0.1) is 0 Å². The number of para-hydroxylation sites is 1. The molecule has 1 heterocycles. The van der Waals surface area contributed by atoms with Crippen molar-refractivity contribution in [2.24, 2.45) is 0 Å². The van der Waals surface area contributed by atoms with E-state index in [-0.39, 0.29) is 6.61 Å². The van der Waals surface area contributed by atoms with Gasteiger partial charge in [-0.05, 0) is 23.3 Å². The smallest absolute Gasteiger partial charge is 0.122 e. The lowest BCUT2D eigenvalue weighted by molar-refractivity contribution is 0.282. The molecule has 0 bridgehead atoms. The number of nitrogens with one attached hydrogen (secondary N) is 1. The van der Waals surface area contributed by atoms with Crippen molar-refractivity contribution in [1.29, 1.82) is 0 Å². The summed E-state index contributed by atoms with van der Waals surface area (Å²) in [5, 5.41) is 12.7. The highest BCUT2D eigenvalue weighted by atomic mass is 16.5. The summed E-state index contributed by atoms with van der Waals surface area (Å²) >= 11 is 0. The van der Waals surface area contributed by atoms with Crippen LogP contribution in [0.1, 0.15) is 16.7 Å². The Morgan fingerprint density at radius 3 is 2.95 bits per heavy atom. The van der Waals surface area contributed by atoms with Gasteiger partial charge in [-0.2, -0.15) is 0 Å². The number of fused-ring (bicyclic) bond motifs is 1. The van der Waals surface area contributed by atoms with Crippen LogP contribution in [0.15, 0.2) is 42.5 Å². The molecule has 98 valence electrons. The van der Waals surface area contributed by atoms with Crippen LogP contribution in [0.4, 0.5) is 5.69 Å². The van der Waals surface area contributed by atoms with Gasteiger partial charge in [0.15, 0.2) is 0 Å². The minimum absolute atomic E-state index is 0.0567. The second-order valence-corrected chi connectivity index (χ2v) is 4.71. The molecule has 19 heavy (non-hydrogen) atoms. The number of anilines is 1. The Labute approximate surface area is 112 Å². The van der Waals surface area contributed by atoms with Gasteiger partial charge >= 0.3 is 0 Å². The van der Waals surface area contributed by atoms with Crippen molar-refractivity contribution in [3.05, 3.63) is 59.2 Å². The molecule has 3 nitrogen and oxygen atoms in total. The first-order valence-electron chi connectivity index (χ1n) is 6.54. The fourth-order valence-corrected chi connectivity index (χ4v) is 2.38. The molecule has 1 aliphatic heterocycles. The summed E-state index contributed by atoms with van der Waals surface area (Å²) in [7, 11) is 0. The van der Waals surface area contributed by atoms with Crippen LogP contribution >= 0.6 is 0 Å². The third-order valence-electron chi connectivity index (χ3n) is 3.42. The van der Waals surface area contributed by atoms with Gasteiger partial charge in [0.1, 0.15) is 5.75 Å². The first-order chi connectivity index (χ1) is 9.36. The third kappa shape index (κ3) is 2.56. The summed E-state index contributed by atoms with van der Waals surface area (Å²) in [5.74, 6) is 1.01. The maximum Gasteiger partial charge on any atom is 0.122 e. The van der Waals surface area contributed by atoms with Crippen molar-refractivity contribution in [3.8, 4) is 5.75 Å². The number of hydrogen-bond acceptors (Lipinski definition) is 3. The quantitative estimate of drug-likeness (QED) is 0.882. The predicted octanol–water partition coefficient (Wildman–Crippen LogP) is 2.73. The van der Waals surface area contributed by atoms with Crippen LogP contribution in [0.3, 0.4) is 0 Å². The second kappa shape index (κ2) is 5.33. The lowest BCUT2D eigenvalue weighted by Crippen LogP contribution is -2.02. The molecular weight excluding hydrogens is 238 g/mol. The van der Waals surface area contributed by atoms with Gasteiger partial charge in [-0.3, -0.25) is 0 Å². The number of rotatable bonds is 4. The van der Waals surface area contributed by atoms with Crippen molar-refractivity contribution in [1.82, 2.24) is 0 Å². The number of hydrogen-bond donors (Lipinski definition) is 2. The zero-order chi connectivity index (χ0) is 13.1. The van der Waals surface area contributed by atoms with Crippen LogP contribution in [0.2, 0.25) is 0 Å². The van der Waals surface area contributed by atoms with Gasteiger partial charge in [0.2, 0.25) is 0 Å². The van der Waals surface area contributed by atoms with Crippen LogP contribution in [0.5, 0.6) is 5.75 Å². The first kappa shape index (κ1) is 12.1. The molecule has 0 saturated heterocycles. The van der Waals surface area contributed by atoms with E-state index in [0.717, 1.165) is 36.6 Å². The van der Waals surface area contributed by atoms with Crippen LogP contribution in [-0.2, 0) is 19.6 Å². The summed E-state index contributed by atoms with van der Waals surface area (Å²) in [5.41, 5.74) is 4.43. The fourth-order valence-electron chi connectivity index (χ4n) is 2.38. The minimum atomic E-state index is 0.0567. The predicted molar refractivity (Wildman–Crippen MR) is 75.3 cm³/mol. The van der Waals surface area contributed by atoms with E-state index in [9.17, 15) is 5.11 Å². The Kier molecular flexibility index (Phi) is 3.38. The molecule has 0 spiro atoms. The zero-order valence-electron chi connectivity index (χ0n) is 10.7. The second-order valence-electron chi connectivity index (χ2n) is 4.71. The standard InChI is InChI=1S/C16H17NO2/c18-11-14-3-1-2-4-15(14)17-10-12-5-6-16-13(9-12)7-8-19-16/h1-6,9,17-18H,7-8,10-11H2. The van der Waals surface area contributed by atoms with E-state index in [0.29, 0.717) is 0 Å². The number of ether oxygens (including phenoxy) is 1. The molecule has 1 aliphatic rings. The lowest BCUT2D eigenvalue weighted by atomic mass is 10.1. The maximum atomic E-state index is 9.29. The average molecular weight is 255 g/mol. The van der Waals surface area contributed by atoms with Crippen LogP contribution in [0, 0.1) is 0 Å². The molecule has 0 unspecified atom stereocenters. The maximum absolute atomic E-state index is 9.29. The summed E-state index contributed by atoms with van der Waals surface area (Å²) in [6.07, 6.45) is 0.996. The Morgan fingerprint density at radius 1 is 1.16 bits per heavy atom. The summed E-state index contributed by atoms with van der Waals surface area (Å²) in [4.78, 5) is 0. The molecule has 0 aromatic heterocycles. The van der Waals surface area contributed by atoms with Crippen molar-refractivity contribution in [2.75, 3.05) is 11.9 Å². The molecule has 0 fully saturated rings. The van der Waals surface area contributed by atoms with Crippen molar-refractivity contribution >= 4 is 5.69 Å². The molecule has 2 N–H and O–H groups in total. The van der Waals surface area contributed by atoms with Gasteiger partial charge in [-0.25, -0.2) is 0 Å². The van der Waals surface area contributed by atoms with Crippen LogP contribution < -0.4 is 10.1 Å². The van der Waals surface area contributed by atoms with Gasteiger partial charge in [-0.1, -0.05) is 30.3 Å². The SMILES string of the molecule is OCc1ccccc1NCc1ccc2c(c1)CCO2. The lowest BCUT2D eigenvalue weighted by Gasteiger charge is -2.11. The Morgan fingerprint density at radius 2 is 2.05 bits per heavy atom. The summed E-state index contributed by atoms with van der Waals surface area (Å²) in [6, 6.07) is 14.1. The largest absolute Gasteiger partial charge is 0.493 e. The molecule has 0 amide bonds. The Hall–Kier alpha value is -2.00. The van der Waals surface area contributed by atoms with Gasteiger partial charge < -0.3 is 15.2 Å². The highest BCUT2D eigenvalue weighted by Gasteiger charge is 2.11. The van der Waals surface area contributed by atoms with Gasteiger partial charge in [0, 0.05) is 24.2 Å². The van der Waals surface area contributed by atoms with E-state index in [4.69, 9.17) is 4.74 Å². The van der Waals surface area contributed by atoms with E-state index < -0.39 is 0 Å². The van der Waals surface area contributed by atoms with E-state index in [1.807, 2.05) is 30.3 Å². The molecule has 3 rings (SSSR count). The molecule has 3 heteroatoms. The normalized spacial score (nSPS) is 12.9. The first-order valence-corrected chi connectivity index (χ1v) is 6.54. The van der Waals surface area contributed by atoms with E-state index in [1.54, 1.807) is 0 Å². The van der Waals surface area contributed by atoms with E-state index in [2.05, 4.69) is 17.4 Å². The molecule has 0 atom stereocenters.